The molecule has 1 heterocycles. The largest absolute Gasteiger partial charge is 0.256 e. The zero-order chi connectivity index (χ0) is 15.6. The fourth-order valence-electron chi connectivity index (χ4n) is 3.12. The highest BCUT2D eigenvalue weighted by Crippen LogP contribution is 2.38. The molecule has 116 valence electrons. The Kier molecular flexibility index (Phi) is 4.30. The number of sulfone groups is 1. The van der Waals surface area contributed by atoms with Crippen LogP contribution in [0.4, 0.5) is 0 Å². The van der Waals surface area contributed by atoms with E-state index >= 15 is 0 Å². The van der Waals surface area contributed by atoms with Gasteiger partial charge in [-0.2, -0.15) is 0 Å². The van der Waals surface area contributed by atoms with Gasteiger partial charge in [-0.3, -0.25) is 4.98 Å². The van der Waals surface area contributed by atoms with Crippen molar-refractivity contribution in [2.24, 2.45) is 0 Å². The average molecular weight is 315 g/mol. The third-order valence-electron chi connectivity index (χ3n) is 4.28. The Balaban J connectivity index is 2.07. The summed E-state index contributed by atoms with van der Waals surface area (Å²) in [7, 11) is -3.15. The van der Waals surface area contributed by atoms with E-state index in [9.17, 15) is 8.42 Å². The smallest absolute Gasteiger partial charge is 0.157 e. The summed E-state index contributed by atoms with van der Waals surface area (Å²) in [5, 5.41) is 1.56. The lowest BCUT2D eigenvalue weighted by Crippen LogP contribution is -2.20. The molecule has 1 aliphatic carbocycles. The summed E-state index contributed by atoms with van der Waals surface area (Å²) in [5.41, 5.74) is 1.69. The highest BCUT2D eigenvalue weighted by atomic mass is 32.2. The van der Waals surface area contributed by atoms with Gasteiger partial charge in [-0.05, 0) is 24.3 Å². The average Bonchev–Trinajstić information content (AvgIpc) is 2.54. The van der Waals surface area contributed by atoms with Crippen LogP contribution in [0.15, 0.2) is 36.5 Å². The second-order valence-corrected chi connectivity index (χ2v) is 8.15. The van der Waals surface area contributed by atoms with Crippen molar-refractivity contribution in [2.45, 2.75) is 37.9 Å². The molecule has 0 saturated heterocycles. The monoisotopic (exact) mass is 315 g/mol. The molecule has 0 saturated carbocycles. The Hall–Kier alpha value is -1.68. The first kappa shape index (κ1) is 15.2. The molecule has 2 aromatic rings. The van der Waals surface area contributed by atoms with Crippen molar-refractivity contribution in [3.63, 3.8) is 0 Å². The fourth-order valence-corrected chi connectivity index (χ4v) is 5.02. The van der Waals surface area contributed by atoms with Crippen LogP contribution in [0, 0.1) is 0 Å². The molecule has 0 bridgehead atoms. The first-order valence-electron chi connectivity index (χ1n) is 7.89. The zero-order valence-corrected chi connectivity index (χ0v) is 13.6. The third-order valence-corrected chi connectivity index (χ3v) is 6.44. The number of aromatic nitrogens is 1. The predicted molar refractivity (Wildman–Crippen MR) is 91.4 cm³/mol. The van der Waals surface area contributed by atoms with E-state index in [4.69, 9.17) is 0 Å². The maximum absolute atomic E-state index is 12.8. The Bertz CT molecular complexity index is 809. The minimum Gasteiger partial charge on any atom is -0.256 e. The Labute approximate surface area is 132 Å². The minimum atomic E-state index is -3.15. The van der Waals surface area contributed by atoms with E-state index in [0.29, 0.717) is 6.42 Å². The van der Waals surface area contributed by atoms with Crippen molar-refractivity contribution in [1.29, 1.82) is 0 Å². The lowest BCUT2D eigenvalue weighted by atomic mass is 9.96. The number of allylic oxidation sites excluding steroid dienone is 1. The number of hydrogen-bond acceptors (Lipinski definition) is 3. The molecule has 1 aromatic heterocycles. The van der Waals surface area contributed by atoms with Crippen LogP contribution in [0.5, 0.6) is 0 Å². The molecule has 1 aromatic carbocycles. The highest BCUT2D eigenvalue weighted by molar-refractivity contribution is 7.91. The standard InChI is InChI=1S/C18H21NO2S/c1-2-3-6-12-22(20,21)17-11-7-10-16-18(17)15-9-5-4-8-14(15)13-19-16/h4-5,7-10,13,17H,2-3,6,11-12H2,1H3. The molecule has 22 heavy (non-hydrogen) atoms. The van der Waals surface area contributed by atoms with E-state index in [2.05, 4.69) is 11.9 Å². The molecule has 0 radical (unpaired) electrons. The van der Waals surface area contributed by atoms with Gasteiger partial charge in [0.05, 0.1) is 16.7 Å². The second kappa shape index (κ2) is 6.21. The summed E-state index contributed by atoms with van der Waals surface area (Å²) in [6.07, 6.45) is 8.99. The van der Waals surface area contributed by atoms with E-state index in [1.165, 1.54) is 0 Å². The molecule has 0 spiro atoms. The lowest BCUT2D eigenvalue weighted by Gasteiger charge is -2.23. The zero-order valence-electron chi connectivity index (χ0n) is 12.8. The molecule has 1 unspecified atom stereocenters. The van der Waals surface area contributed by atoms with Crippen molar-refractivity contribution in [1.82, 2.24) is 4.98 Å². The van der Waals surface area contributed by atoms with E-state index in [-0.39, 0.29) is 5.75 Å². The van der Waals surface area contributed by atoms with Gasteiger partial charge >= 0.3 is 0 Å². The summed E-state index contributed by atoms with van der Waals surface area (Å²) in [6.45, 7) is 2.09. The van der Waals surface area contributed by atoms with E-state index in [1.54, 1.807) is 0 Å². The third kappa shape index (κ3) is 2.80. The van der Waals surface area contributed by atoms with Crippen LogP contribution in [0.3, 0.4) is 0 Å². The predicted octanol–water partition coefficient (Wildman–Crippen LogP) is 4.30. The Morgan fingerprint density at radius 1 is 1.23 bits per heavy atom. The van der Waals surface area contributed by atoms with Crippen molar-refractivity contribution in [3.05, 3.63) is 47.8 Å². The molecular weight excluding hydrogens is 294 g/mol. The second-order valence-electron chi connectivity index (χ2n) is 5.85. The Morgan fingerprint density at radius 2 is 2.05 bits per heavy atom. The normalized spacial score (nSPS) is 17.6. The molecule has 3 nitrogen and oxygen atoms in total. The van der Waals surface area contributed by atoms with Crippen molar-refractivity contribution in [2.75, 3.05) is 5.75 Å². The lowest BCUT2D eigenvalue weighted by molar-refractivity contribution is 0.576. The Morgan fingerprint density at radius 3 is 2.86 bits per heavy atom. The molecule has 0 N–H and O–H groups in total. The van der Waals surface area contributed by atoms with Gasteiger partial charge in [0.15, 0.2) is 9.84 Å². The van der Waals surface area contributed by atoms with Gasteiger partial charge in [0.1, 0.15) is 0 Å². The molecule has 1 aliphatic rings. The van der Waals surface area contributed by atoms with Gasteiger partial charge in [-0.25, -0.2) is 8.42 Å². The molecule has 0 fully saturated rings. The first-order valence-corrected chi connectivity index (χ1v) is 9.61. The first-order chi connectivity index (χ1) is 10.6. The molecule has 0 aliphatic heterocycles. The summed E-state index contributed by atoms with van der Waals surface area (Å²) in [5.74, 6) is 0.266. The number of fused-ring (bicyclic) bond motifs is 3. The summed E-state index contributed by atoms with van der Waals surface area (Å²) >= 11 is 0. The molecular formula is C18H21NO2S. The SMILES string of the molecule is CCCCCS(=O)(=O)C1CC=Cc2ncc3ccccc3c21. The van der Waals surface area contributed by atoms with E-state index in [0.717, 1.165) is 41.3 Å². The number of unbranched alkanes of at least 4 members (excludes halogenated alkanes) is 2. The summed E-state index contributed by atoms with van der Waals surface area (Å²) in [4.78, 5) is 4.46. The highest BCUT2D eigenvalue weighted by Gasteiger charge is 2.31. The van der Waals surface area contributed by atoms with Crippen LogP contribution >= 0.6 is 0 Å². The molecule has 1 atom stereocenters. The number of hydrogen-bond donors (Lipinski definition) is 0. The molecule has 4 heteroatoms. The van der Waals surface area contributed by atoms with Crippen LogP contribution < -0.4 is 0 Å². The van der Waals surface area contributed by atoms with Crippen LogP contribution in [0.25, 0.3) is 16.8 Å². The minimum absolute atomic E-state index is 0.266. The number of pyridine rings is 1. The van der Waals surface area contributed by atoms with Crippen LogP contribution in [-0.4, -0.2) is 19.2 Å². The van der Waals surface area contributed by atoms with Gasteiger partial charge in [0.25, 0.3) is 0 Å². The van der Waals surface area contributed by atoms with Gasteiger partial charge in [0, 0.05) is 17.1 Å². The van der Waals surface area contributed by atoms with Gasteiger partial charge in [0.2, 0.25) is 0 Å². The van der Waals surface area contributed by atoms with Gasteiger partial charge in [-0.15, -0.1) is 0 Å². The number of rotatable bonds is 5. The number of nitrogens with zero attached hydrogens (tertiary/aromatic N) is 1. The summed E-state index contributed by atoms with van der Waals surface area (Å²) < 4.78 is 25.6. The van der Waals surface area contributed by atoms with Crippen molar-refractivity contribution in [3.8, 4) is 0 Å². The fraction of sp³-hybridized carbons (Fsp3) is 0.389. The van der Waals surface area contributed by atoms with Gasteiger partial charge < -0.3 is 0 Å². The van der Waals surface area contributed by atoms with Gasteiger partial charge in [-0.1, -0.05) is 50.1 Å². The van der Waals surface area contributed by atoms with Crippen molar-refractivity contribution < 1.29 is 8.42 Å². The summed E-state index contributed by atoms with van der Waals surface area (Å²) in [6, 6.07) is 7.91. The maximum atomic E-state index is 12.8. The molecule has 3 rings (SSSR count). The van der Waals surface area contributed by atoms with Crippen molar-refractivity contribution >= 4 is 26.7 Å². The number of benzene rings is 1. The van der Waals surface area contributed by atoms with Crippen LogP contribution in [0.1, 0.15) is 49.1 Å². The maximum Gasteiger partial charge on any atom is 0.157 e. The topological polar surface area (TPSA) is 47.0 Å². The van der Waals surface area contributed by atoms with E-state index in [1.807, 2.05) is 42.6 Å². The quantitative estimate of drug-likeness (QED) is 0.773. The van der Waals surface area contributed by atoms with Crippen LogP contribution in [-0.2, 0) is 9.84 Å². The van der Waals surface area contributed by atoms with Crippen LogP contribution in [0.2, 0.25) is 0 Å². The van der Waals surface area contributed by atoms with E-state index < -0.39 is 15.1 Å². The molecule has 0 amide bonds.